The Morgan fingerprint density at radius 3 is 2.38 bits per heavy atom. The van der Waals surface area contributed by atoms with E-state index < -0.39 is 0 Å². The molecule has 5 nitrogen and oxygen atoms in total. The van der Waals surface area contributed by atoms with Crippen LogP contribution in [0.1, 0.15) is 24.8 Å². The van der Waals surface area contributed by atoms with Crippen LogP contribution in [0.5, 0.6) is 17.2 Å². The zero-order valence-corrected chi connectivity index (χ0v) is 13.2. The second-order valence-corrected chi connectivity index (χ2v) is 5.25. The Morgan fingerprint density at radius 1 is 1.00 bits per heavy atom. The first-order valence-electron chi connectivity index (χ1n) is 7.52. The minimum absolute atomic E-state index is 0.648. The molecule has 0 unspecified atom stereocenters. The van der Waals surface area contributed by atoms with Crippen molar-refractivity contribution in [1.29, 1.82) is 0 Å². The molecular formula is C16H26N2O3. The number of hydrogen-bond acceptors (Lipinski definition) is 5. The summed E-state index contributed by atoms with van der Waals surface area (Å²) in [6.07, 6.45) is 3.82. The van der Waals surface area contributed by atoms with Crippen LogP contribution in [0.4, 0.5) is 0 Å². The lowest BCUT2D eigenvalue weighted by Gasteiger charge is -2.16. The summed E-state index contributed by atoms with van der Waals surface area (Å²) in [5.74, 6) is 2.07. The maximum Gasteiger partial charge on any atom is 0.203 e. The zero-order valence-electron chi connectivity index (χ0n) is 13.2. The molecule has 5 heteroatoms. The predicted octanol–water partition coefficient (Wildman–Crippen LogP) is 1.94. The third-order valence-electron chi connectivity index (χ3n) is 3.64. The highest BCUT2D eigenvalue weighted by molar-refractivity contribution is 5.55. The summed E-state index contributed by atoms with van der Waals surface area (Å²) in [6, 6.07) is 4.71. The van der Waals surface area contributed by atoms with Gasteiger partial charge in [-0.15, -0.1) is 0 Å². The molecule has 1 aromatic rings. The molecule has 0 saturated heterocycles. The Bertz CT molecular complexity index is 447. The fourth-order valence-electron chi connectivity index (χ4n) is 2.33. The number of methoxy groups -OCH3 is 3. The van der Waals surface area contributed by atoms with E-state index in [1.54, 1.807) is 21.3 Å². The highest BCUT2D eigenvalue weighted by atomic mass is 16.5. The van der Waals surface area contributed by atoms with Crippen molar-refractivity contribution in [3.05, 3.63) is 17.7 Å². The molecule has 2 N–H and O–H groups in total. The molecule has 0 atom stereocenters. The van der Waals surface area contributed by atoms with Crippen molar-refractivity contribution in [1.82, 2.24) is 10.6 Å². The lowest BCUT2D eigenvalue weighted by molar-refractivity contribution is 0.321. The molecule has 0 heterocycles. The Morgan fingerprint density at radius 2 is 1.76 bits per heavy atom. The Kier molecular flexibility index (Phi) is 6.14. The molecule has 118 valence electrons. The quantitative estimate of drug-likeness (QED) is 0.646. The van der Waals surface area contributed by atoms with Crippen LogP contribution in [0.2, 0.25) is 0 Å². The molecule has 21 heavy (non-hydrogen) atoms. The van der Waals surface area contributed by atoms with E-state index in [4.69, 9.17) is 14.2 Å². The van der Waals surface area contributed by atoms with Gasteiger partial charge >= 0.3 is 0 Å². The minimum Gasteiger partial charge on any atom is -0.493 e. The van der Waals surface area contributed by atoms with Crippen molar-refractivity contribution in [3.8, 4) is 17.2 Å². The minimum atomic E-state index is 0.648. The molecule has 2 rings (SSSR count). The van der Waals surface area contributed by atoms with E-state index >= 15 is 0 Å². The first kappa shape index (κ1) is 15.9. The average Bonchev–Trinajstić information content (AvgIpc) is 3.33. The highest BCUT2D eigenvalue weighted by Crippen LogP contribution is 2.39. The summed E-state index contributed by atoms with van der Waals surface area (Å²) in [4.78, 5) is 0. The molecule has 0 aliphatic heterocycles. The Hall–Kier alpha value is -1.46. The smallest absolute Gasteiger partial charge is 0.203 e. The van der Waals surface area contributed by atoms with E-state index in [1.165, 1.54) is 12.8 Å². The number of rotatable bonds is 10. The first-order chi connectivity index (χ1) is 10.3. The van der Waals surface area contributed by atoms with Crippen LogP contribution in [-0.2, 0) is 6.54 Å². The summed E-state index contributed by atoms with van der Waals surface area (Å²) in [6.45, 7) is 2.82. The molecule has 1 aromatic carbocycles. The third kappa shape index (κ3) is 4.51. The van der Waals surface area contributed by atoms with Crippen LogP contribution >= 0.6 is 0 Å². The van der Waals surface area contributed by atoms with Gasteiger partial charge in [0.1, 0.15) is 0 Å². The Labute approximate surface area is 127 Å². The standard InChI is InChI=1S/C16H26N2O3/c1-19-14-8-5-12(15(20-2)16(14)21-3)11-17-9-4-10-18-13-6-7-13/h5,8,13,17-18H,4,6-7,9-11H2,1-3H3. The van der Waals surface area contributed by atoms with Gasteiger partial charge in [-0.2, -0.15) is 0 Å². The van der Waals surface area contributed by atoms with Gasteiger partial charge in [0.25, 0.3) is 0 Å². The van der Waals surface area contributed by atoms with Gasteiger partial charge in [0.05, 0.1) is 21.3 Å². The van der Waals surface area contributed by atoms with Crippen molar-refractivity contribution in [3.63, 3.8) is 0 Å². The molecule has 0 aromatic heterocycles. The van der Waals surface area contributed by atoms with E-state index in [2.05, 4.69) is 10.6 Å². The molecule has 0 spiro atoms. The monoisotopic (exact) mass is 294 g/mol. The molecule has 0 radical (unpaired) electrons. The van der Waals surface area contributed by atoms with Gasteiger partial charge in [-0.3, -0.25) is 0 Å². The van der Waals surface area contributed by atoms with Crippen LogP contribution in [0, 0.1) is 0 Å². The molecular weight excluding hydrogens is 268 g/mol. The fraction of sp³-hybridized carbons (Fsp3) is 0.625. The van der Waals surface area contributed by atoms with Crippen molar-refractivity contribution in [2.24, 2.45) is 0 Å². The van der Waals surface area contributed by atoms with E-state index in [-0.39, 0.29) is 0 Å². The maximum absolute atomic E-state index is 5.47. The molecule has 1 saturated carbocycles. The van der Waals surface area contributed by atoms with Crippen molar-refractivity contribution < 1.29 is 14.2 Å². The van der Waals surface area contributed by atoms with Gasteiger partial charge < -0.3 is 24.8 Å². The van der Waals surface area contributed by atoms with Crippen molar-refractivity contribution in [2.75, 3.05) is 34.4 Å². The predicted molar refractivity (Wildman–Crippen MR) is 83.4 cm³/mol. The first-order valence-corrected chi connectivity index (χ1v) is 7.52. The van der Waals surface area contributed by atoms with E-state index in [0.717, 1.165) is 43.4 Å². The number of hydrogen-bond donors (Lipinski definition) is 2. The summed E-state index contributed by atoms with van der Waals surface area (Å²) in [5.41, 5.74) is 1.07. The van der Waals surface area contributed by atoms with Gasteiger partial charge in [0.2, 0.25) is 5.75 Å². The van der Waals surface area contributed by atoms with Crippen LogP contribution < -0.4 is 24.8 Å². The summed E-state index contributed by atoms with van der Waals surface area (Å²) in [5, 5.41) is 6.95. The average molecular weight is 294 g/mol. The number of nitrogens with one attached hydrogen (secondary N) is 2. The number of ether oxygens (including phenoxy) is 3. The highest BCUT2D eigenvalue weighted by Gasteiger charge is 2.19. The zero-order chi connectivity index (χ0) is 15.1. The van der Waals surface area contributed by atoms with Crippen LogP contribution in [0.3, 0.4) is 0 Å². The van der Waals surface area contributed by atoms with E-state index in [0.29, 0.717) is 11.5 Å². The maximum atomic E-state index is 5.47. The van der Waals surface area contributed by atoms with Gasteiger partial charge in [0, 0.05) is 18.2 Å². The van der Waals surface area contributed by atoms with Crippen LogP contribution in [-0.4, -0.2) is 40.5 Å². The second-order valence-electron chi connectivity index (χ2n) is 5.25. The van der Waals surface area contributed by atoms with Gasteiger partial charge in [0.15, 0.2) is 11.5 Å². The topological polar surface area (TPSA) is 51.8 Å². The lowest BCUT2D eigenvalue weighted by atomic mass is 10.1. The van der Waals surface area contributed by atoms with Gasteiger partial charge in [-0.05, 0) is 38.4 Å². The second kappa shape index (κ2) is 8.10. The van der Waals surface area contributed by atoms with Gasteiger partial charge in [-0.1, -0.05) is 6.07 Å². The summed E-state index contributed by atoms with van der Waals surface area (Å²) < 4.78 is 16.1. The van der Waals surface area contributed by atoms with Crippen LogP contribution in [0.15, 0.2) is 12.1 Å². The summed E-state index contributed by atoms with van der Waals surface area (Å²) >= 11 is 0. The molecule has 1 aliphatic carbocycles. The third-order valence-corrected chi connectivity index (χ3v) is 3.64. The fourth-order valence-corrected chi connectivity index (χ4v) is 2.33. The Balaban J connectivity index is 1.83. The lowest BCUT2D eigenvalue weighted by Crippen LogP contribution is -2.23. The molecule has 1 aliphatic rings. The molecule has 0 bridgehead atoms. The summed E-state index contributed by atoms with van der Waals surface area (Å²) in [7, 11) is 4.91. The van der Waals surface area contributed by atoms with Crippen molar-refractivity contribution in [2.45, 2.75) is 31.8 Å². The molecule has 1 fully saturated rings. The normalized spacial score (nSPS) is 14.0. The van der Waals surface area contributed by atoms with Crippen LogP contribution in [0.25, 0.3) is 0 Å². The number of benzene rings is 1. The molecule has 0 amide bonds. The van der Waals surface area contributed by atoms with Crippen molar-refractivity contribution >= 4 is 0 Å². The van der Waals surface area contributed by atoms with Gasteiger partial charge in [-0.25, -0.2) is 0 Å². The largest absolute Gasteiger partial charge is 0.493 e. The van der Waals surface area contributed by atoms with E-state index in [9.17, 15) is 0 Å². The SMILES string of the molecule is COc1ccc(CNCCCNC2CC2)c(OC)c1OC. The van der Waals surface area contributed by atoms with E-state index in [1.807, 2.05) is 12.1 Å².